The van der Waals surface area contributed by atoms with E-state index in [4.69, 9.17) is 14.0 Å². The van der Waals surface area contributed by atoms with E-state index in [9.17, 15) is 8.42 Å². The molecule has 0 aliphatic carbocycles. The minimum Gasteiger partial charge on any atom is -0.497 e. The Morgan fingerprint density at radius 2 is 1.82 bits per heavy atom. The number of piperidine rings is 1. The van der Waals surface area contributed by atoms with E-state index in [0.29, 0.717) is 48.2 Å². The van der Waals surface area contributed by atoms with Crippen molar-refractivity contribution in [2.75, 3.05) is 20.8 Å². The minimum absolute atomic E-state index is 0.0369. The third-order valence-corrected chi connectivity index (χ3v) is 7.68. The summed E-state index contributed by atoms with van der Waals surface area (Å²) in [5.74, 6) is 1.99. The van der Waals surface area contributed by atoms with Crippen LogP contribution in [-0.2, 0) is 21.2 Å². The van der Waals surface area contributed by atoms with Gasteiger partial charge in [-0.1, -0.05) is 5.16 Å². The summed E-state index contributed by atoms with van der Waals surface area (Å²) in [6, 6.07) is 6.51. The van der Waals surface area contributed by atoms with Crippen LogP contribution in [0.4, 0.5) is 0 Å². The third-order valence-electron chi connectivity index (χ3n) is 5.66. The molecule has 0 saturated carbocycles. The van der Waals surface area contributed by atoms with Crippen molar-refractivity contribution in [3.8, 4) is 5.75 Å². The minimum atomic E-state index is -3.54. The molecule has 0 N–H and O–H groups in total. The molecule has 2 aliphatic rings. The van der Waals surface area contributed by atoms with Crippen LogP contribution >= 0.6 is 0 Å². The maximum Gasteiger partial charge on any atom is 0.243 e. The number of fused-ring (bicyclic) bond motifs is 2. The lowest BCUT2D eigenvalue weighted by molar-refractivity contribution is 0.198. The van der Waals surface area contributed by atoms with E-state index in [-0.39, 0.29) is 18.0 Å². The summed E-state index contributed by atoms with van der Waals surface area (Å²) in [6.07, 6.45) is 3.75. The SMILES string of the molecule is COCCc1noc(C2C[C@H]3CC[C@@H](C2)N3S(=O)(=O)c2ccc(OC)cc2)n1. The van der Waals surface area contributed by atoms with E-state index in [1.165, 1.54) is 0 Å². The van der Waals surface area contributed by atoms with Gasteiger partial charge in [0.1, 0.15) is 5.75 Å². The quantitative estimate of drug-likeness (QED) is 0.695. The summed E-state index contributed by atoms with van der Waals surface area (Å²) in [5.41, 5.74) is 0. The van der Waals surface area contributed by atoms with E-state index in [2.05, 4.69) is 10.1 Å². The first-order valence-corrected chi connectivity index (χ1v) is 11.0. The van der Waals surface area contributed by atoms with Gasteiger partial charge in [0.2, 0.25) is 15.9 Å². The van der Waals surface area contributed by atoms with Crippen molar-refractivity contribution in [2.24, 2.45) is 0 Å². The second kappa shape index (κ2) is 7.81. The Morgan fingerprint density at radius 1 is 1.14 bits per heavy atom. The fraction of sp³-hybridized carbons (Fsp3) is 0.579. The van der Waals surface area contributed by atoms with Gasteiger partial charge in [-0.3, -0.25) is 0 Å². The lowest BCUT2D eigenvalue weighted by atomic mass is 9.92. The molecule has 8 nitrogen and oxygen atoms in total. The van der Waals surface area contributed by atoms with Gasteiger partial charge in [-0.25, -0.2) is 8.42 Å². The normalized spacial score (nSPS) is 25.1. The first kappa shape index (κ1) is 19.4. The van der Waals surface area contributed by atoms with Gasteiger partial charge in [-0.2, -0.15) is 9.29 Å². The number of hydrogen-bond acceptors (Lipinski definition) is 7. The molecule has 2 aromatic rings. The standard InChI is InChI=1S/C19H25N3O5S/c1-25-10-9-18-20-19(27-21-18)13-11-14-3-4-15(12-13)22(14)28(23,24)17-7-5-16(26-2)6-8-17/h5-8,13-15H,3-4,9-12H2,1-2H3/t13?,14-,15+. The van der Waals surface area contributed by atoms with Crippen molar-refractivity contribution in [1.29, 1.82) is 0 Å². The number of ether oxygens (including phenoxy) is 2. The van der Waals surface area contributed by atoms with E-state index in [0.717, 1.165) is 12.8 Å². The highest BCUT2D eigenvalue weighted by Crippen LogP contribution is 2.45. The lowest BCUT2D eigenvalue weighted by Crippen LogP contribution is -2.45. The van der Waals surface area contributed by atoms with Crippen molar-refractivity contribution >= 4 is 10.0 Å². The van der Waals surface area contributed by atoms with Gasteiger partial charge >= 0.3 is 0 Å². The molecular formula is C19H25N3O5S. The predicted octanol–water partition coefficient (Wildman–Crippen LogP) is 2.37. The Balaban J connectivity index is 1.51. The monoisotopic (exact) mass is 407 g/mol. The fourth-order valence-corrected chi connectivity index (χ4v) is 6.22. The second-order valence-corrected chi connectivity index (χ2v) is 9.20. The Bertz CT molecular complexity index is 898. The van der Waals surface area contributed by atoms with Crippen LogP contribution < -0.4 is 4.74 Å². The van der Waals surface area contributed by atoms with Gasteiger partial charge < -0.3 is 14.0 Å². The largest absolute Gasteiger partial charge is 0.497 e. The summed E-state index contributed by atoms with van der Waals surface area (Å²) in [7, 11) is -0.342. The van der Waals surface area contributed by atoms with Gasteiger partial charge in [0, 0.05) is 31.5 Å². The first-order valence-electron chi connectivity index (χ1n) is 9.52. The van der Waals surface area contributed by atoms with Gasteiger partial charge in [0.05, 0.1) is 18.6 Å². The third kappa shape index (κ3) is 3.54. The highest BCUT2D eigenvalue weighted by molar-refractivity contribution is 7.89. The zero-order valence-electron chi connectivity index (χ0n) is 16.1. The molecule has 1 unspecified atom stereocenters. The Morgan fingerprint density at radius 3 is 2.43 bits per heavy atom. The number of hydrogen-bond donors (Lipinski definition) is 0. The molecule has 9 heteroatoms. The molecule has 0 amide bonds. The van der Waals surface area contributed by atoms with Gasteiger partial charge in [0.25, 0.3) is 0 Å². The van der Waals surface area contributed by atoms with E-state index in [1.54, 1.807) is 42.8 Å². The molecule has 4 rings (SSSR count). The number of rotatable bonds is 7. The van der Waals surface area contributed by atoms with Crippen molar-refractivity contribution < 1.29 is 22.4 Å². The molecule has 1 aromatic heterocycles. The first-order chi connectivity index (χ1) is 13.5. The second-order valence-electron chi connectivity index (χ2n) is 7.36. The maximum absolute atomic E-state index is 13.2. The number of nitrogens with zero attached hydrogens (tertiary/aromatic N) is 3. The summed E-state index contributed by atoms with van der Waals surface area (Å²) in [6.45, 7) is 0.544. The van der Waals surface area contributed by atoms with Crippen LogP contribution in [0.2, 0.25) is 0 Å². The molecule has 3 atom stereocenters. The molecular weight excluding hydrogens is 382 g/mol. The van der Waals surface area contributed by atoms with E-state index < -0.39 is 10.0 Å². The molecule has 0 radical (unpaired) electrons. The van der Waals surface area contributed by atoms with Crippen LogP contribution in [0.25, 0.3) is 0 Å². The van der Waals surface area contributed by atoms with E-state index >= 15 is 0 Å². The smallest absolute Gasteiger partial charge is 0.243 e. The lowest BCUT2D eigenvalue weighted by Gasteiger charge is -2.36. The zero-order valence-corrected chi connectivity index (χ0v) is 16.9. The molecule has 152 valence electrons. The fourth-order valence-electron chi connectivity index (χ4n) is 4.33. The number of aromatic nitrogens is 2. The molecule has 2 saturated heterocycles. The van der Waals surface area contributed by atoms with Crippen molar-refractivity contribution in [1.82, 2.24) is 14.4 Å². The van der Waals surface area contributed by atoms with Crippen LogP contribution in [-0.4, -0.2) is 55.8 Å². The number of benzene rings is 1. The van der Waals surface area contributed by atoms with Crippen molar-refractivity contribution in [3.63, 3.8) is 0 Å². The Hall–Kier alpha value is -1.97. The molecule has 28 heavy (non-hydrogen) atoms. The van der Waals surface area contributed by atoms with Crippen LogP contribution in [0, 0.1) is 0 Å². The van der Waals surface area contributed by atoms with Crippen LogP contribution in [0.5, 0.6) is 5.75 Å². The molecule has 0 spiro atoms. The summed E-state index contributed by atoms with van der Waals surface area (Å²) < 4.78 is 43.8. The summed E-state index contributed by atoms with van der Waals surface area (Å²) in [5, 5.41) is 4.02. The van der Waals surface area contributed by atoms with Gasteiger partial charge in [-0.05, 0) is 49.9 Å². The highest BCUT2D eigenvalue weighted by atomic mass is 32.2. The van der Waals surface area contributed by atoms with Crippen LogP contribution in [0.3, 0.4) is 0 Å². The average molecular weight is 407 g/mol. The van der Waals surface area contributed by atoms with Crippen molar-refractivity contribution in [3.05, 3.63) is 36.0 Å². The number of methoxy groups -OCH3 is 2. The van der Waals surface area contributed by atoms with Crippen LogP contribution in [0.15, 0.2) is 33.7 Å². The molecule has 1 aromatic carbocycles. The zero-order chi connectivity index (χ0) is 19.7. The van der Waals surface area contributed by atoms with Crippen LogP contribution in [0.1, 0.15) is 43.3 Å². The summed E-state index contributed by atoms with van der Waals surface area (Å²) in [4.78, 5) is 4.80. The Labute approximate surface area is 164 Å². The maximum atomic E-state index is 13.2. The molecule has 2 bridgehead atoms. The average Bonchev–Trinajstić information content (AvgIpc) is 3.29. The molecule has 3 heterocycles. The topological polar surface area (TPSA) is 94.8 Å². The summed E-state index contributed by atoms with van der Waals surface area (Å²) >= 11 is 0. The van der Waals surface area contributed by atoms with Gasteiger partial charge in [0.15, 0.2) is 5.82 Å². The highest BCUT2D eigenvalue weighted by Gasteiger charge is 2.48. The predicted molar refractivity (Wildman–Crippen MR) is 101 cm³/mol. The molecule has 2 fully saturated rings. The van der Waals surface area contributed by atoms with Gasteiger partial charge in [-0.15, -0.1) is 0 Å². The molecule has 2 aliphatic heterocycles. The van der Waals surface area contributed by atoms with E-state index in [1.807, 2.05) is 0 Å². The number of sulfonamides is 1. The Kier molecular flexibility index (Phi) is 5.39. The van der Waals surface area contributed by atoms with Crippen molar-refractivity contribution in [2.45, 2.75) is 55.0 Å².